The average molecular weight is 287 g/mol. The van der Waals surface area contributed by atoms with Gasteiger partial charge in [0.05, 0.1) is 18.3 Å². The summed E-state index contributed by atoms with van der Waals surface area (Å²) in [4.78, 5) is 11.6. The molecule has 0 aromatic carbocycles. The monoisotopic (exact) mass is 287 g/mol. The van der Waals surface area contributed by atoms with Crippen LogP contribution in [-0.2, 0) is 19.6 Å². The molecule has 1 N–H and O–H groups in total. The van der Waals surface area contributed by atoms with Gasteiger partial charge in [-0.05, 0) is 32.1 Å². The van der Waals surface area contributed by atoms with Crippen LogP contribution in [0, 0.1) is 5.92 Å². The number of nitrogens with one attached hydrogen (secondary N) is 1. The normalized spacial score (nSPS) is 31.3. The summed E-state index contributed by atoms with van der Waals surface area (Å²) in [6.07, 6.45) is 8.43. The number of carbonyl (C=O) groups is 1. The zero-order valence-electron chi connectivity index (χ0n) is 11.2. The van der Waals surface area contributed by atoms with Crippen LogP contribution in [0.1, 0.15) is 38.5 Å². The van der Waals surface area contributed by atoms with E-state index in [1.54, 1.807) is 0 Å². The first-order valence-corrected chi connectivity index (χ1v) is 8.33. The number of hydrogen-bond donors (Lipinski definition) is 1. The molecule has 1 fully saturated rings. The molecule has 6 heteroatoms. The Balaban J connectivity index is 2.05. The molecule has 3 atom stereocenters. The van der Waals surface area contributed by atoms with Crippen LogP contribution in [0.3, 0.4) is 0 Å². The Labute approximate surface area is 114 Å². The number of allylic oxidation sites excluding steroid dienone is 1. The molecule has 2 aliphatic rings. The van der Waals surface area contributed by atoms with Crippen molar-refractivity contribution in [3.8, 4) is 0 Å². The Hall–Kier alpha value is -0.880. The summed E-state index contributed by atoms with van der Waals surface area (Å²) in [6.45, 7) is 0. The number of esters is 1. The van der Waals surface area contributed by atoms with E-state index in [9.17, 15) is 13.2 Å². The number of rotatable bonds is 4. The summed E-state index contributed by atoms with van der Waals surface area (Å²) in [7, 11) is -2.14. The van der Waals surface area contributed by atoms with Gasteiger partial charge in [0, 0.05) is 6.04 Å². The SMILES string of the molecule is COC(=O)C1CCCC1S(=O)(=O)NC1CC=CCC1. The molecule has 2 aliphatic carbocycles. The zero-order chi connectivity index (χ0) is 13.9. The fourth-order valence-electron chi connectivity index (χ4n) is 2.94. The van der Waals surface area contributed by atoms with Gasteiger partial charge in [-0.25, -0.2) is 13.1 Å². The zero-order valence-corrected chi connectivity index (χ0v) is 12.0. The van der Waals surface area contributed by atoms with Crippen LogP contribution in [0.25, 0.3) is 0 Å². The van der Waals surface area contributed by atoms with Gasteiger partial charge in [-0.3, -0.25) is 4.79 Å². The van der Waals surface area contributed by atoms with Gasteiger partial charge >= 0.3 is 5.97 Å². The number of hydrogen-bond acceptors (Lipinski definition) is 4. The Morgan fingerprint density at radius 3 is 2.68 bits per heavy atom. The van der Waals surface area contributed by atoms with E-state index >= 15 is 0 Å². The summed E-state index contributed by atoms with van der Waals surface area (Å²) in [5, 5.41) is -0.633. The highest BCUT2D eigenvalue weighted by Gasteiger charge is 2.42. The highest BCUT2D eigenvalue weighted by Crippen LogP contribution is 2.32. The lowest BCUT2D eigenvalue weighted by atomic mass is 10.0. The van der Waals surface area contributed by atoms with E-state index in [4.69, 9.17) is 4.74 Å². The average Bonchev–Trinajstić information content (AvgIpc) is 2.88. The lowest BCUT2D eigenvalue weighted by molar-refractivity contribution is -0.145. The first-order valence-electron chi connectivity index (χ1n) is 6.78. The highest BCUT2D eigenvalue weighted by atomic mass is 32.2. The predicted molar refractivity (Wildman–Crippen MR) is 72.0 cm³/mol. The Morgan fingerprint density at radius 2 is 2.05 bits per heavy atom. The summed E-state index contributed by atoms with van der Waals surface area (Å²) in [6, 6.07) is -0.0334. The molecule has 19 heavy (non-hydrogen) atoms. The smallest absolute Gasteiger partial charge is 0.310 e. The van der Waals surface area contributed by atoms with Gasteiger partial charge in [-0.1, -0.05) is 18.6 Å². The van der Waals surface area contributed by atoms with Gasteiger partial charge in [0.1, 0.15) is 0 Å². The van der Waals surface area contributed by atoms with Crippen molar-refractivity contribution in [2.75, 3.05) is 7.11 Å². The fraction of sp³-hybridized carbons (Fsp3) is 0.769. The van der Waals surface area contributed by atoms with E-state index < -0.39 is 27.2 Å². The van der Waals surface area contributed by atoms with E-state index in [2.05, 4.69) is 10.8 Å². The molecule has 1 saturated carbocycles. The number of sulfonamides is 1. The summed E-state index contributed by atoms with van der Waals surface area (Å²) < 4.78 is 32.2. The van der Waals surface area contributed by atoms with E-state index in [0.29, 0.717) is 12.8 Å². The molecular weight excluding hydrogens is 266 g/mol. The third kappa shape index (κ3) is 3.36. The van der Waals surface area contributed by atoms with Crippen molar-refractivity contribution in [2.45, 2.75) is 49.8 Å². The van der Waals surface area contributed by atoms with Crippen LogP contribution < -0.4 is 4.72 Å². The summed E-state index contributed by atoms with van der Waals surface area (Å²) in [5.41, 5.74) is 0. The van der Waals surface area contributed by atoms with E-state index in [-0.39, 0.29) is 6.04 Å². The van der Waals surface area contributed by atoms with Crippen molar-refractivity contribution in [3.05, 3.63) is 12.2 Å². The Kier molecular flexibility index (Phi) is 4.62. The summed E-state index contributed by atoms with van der Waals surface area (Å²) >= 11 is 0. The van der Waals surface area contributed by atoms with Crippen molar-refractivity contribution in [2.24, 2.45) is 5.92 Å². The molecule has 0 saturated heterocycles. The molecule has 0 aromatic rings. The Morgan fingerprint density at radius 1 is 1.26 bits per heavy atom. The molecule has 0 amide bonds. The van der Waals surface area contributed by atoms with Crippen LogP contribution in [0.2, 0.25) is 0 Å². The summed E-state index contributed by atoms with van der Waals surface area (Å²) in [5.74, 6) is -0.918. The minimum Gasteiger partial charge on any atom is -0.469 e. The molecule has 2 rings (SSSR count). The second-order valence-electron chi connectivity index (χ2n) is 5.24. The van der Waals surface area contributed by atoms with Gasteiger partial charge in [-0.15, -0.1) is 0 Å². The van der Waals surface area contributed by atoms with Crippen LogP contribution in [-0.4, -0.2) is 32.8 Å². The maximum Gasteiger partial charge on any atom is 0.310 e. The topological polar surface area (TPSA) is 72.5 Å². The van der Waals surface area contributed by atoms with Crippen molar-refractivity contribution in [3.63, 3.8) is 0 Å². The first kappa shape index (κ1) is 14.5. The molecule has 0 spiro atoms. The maximum absolute atomic E-state index is 12.4. The standard InChI is InChI=1S/C13H21NO4S/c1-18-13(15)11-8-5-9-12(11)19(16,17)14-10-6-3-2-4-7-10/h2-3,10-12,14H,4-9H2,1H3. The molecule has 108 valence electrons. The predicted octanol–water partition coefficient (Wildman–Crippen LogP) is 1.36. The molecule has 0 radical (unpaired) electrons. The lowest BCUT2D eigenvalue weighted by Crippen LogP contribution is -2.44. The molecule has 5 nitrogen and oxygen atoms in total. The maximum atomic E-state index is 12.4. The van der Waals surface area contributed by atoms with Crippen LogP contribution in [0.4, 0.5) is 0 Å². The quantitative estimate of drug-likeness (QED) is 0.626. The van der Waals surface area contributed by atoms with Crippen molar-refractivity contribution in [1.82, 2.24) is 4.72 Å². The molecule has 0 aliphatic heterocycles. The minimum atomic E-state index is -3.45. The minimum absolute atomic E-state index is 0.0334. The molecule has 0 aromatic heterocycles. The van der Waals surface area contributed by atoms with Gasteiger partial charge in [0.2, 0.25) is 10.0 Å². The second-order valence-corrected chi connectivity index (χ2v) is 7.17. The third-order valence-corrected chi connectivity index (χ3v) is 5.98. The second kappa shape index (κ2) is 6.05. The fourth-order valence-corrected chi connectivity index (χ4v) is 4.95. The largest absolute Gasteiger partial charge is 0.469 e. The van der Waals surface area contributed by atoms with E-state index in [0.717, 1.165) is 25.7 Å². The van der Waals surface area contributed by atoms with Gasteiger partial charge in [0.25, 0.3) is 0 Å². The number of ether oxygens (including phenoxy) is 1. The molecule has 0 bridgehead atoms. The molecular formula is C13H21NO4S. The van der Waals surface area contributed by atoms with Gasteiger partial charge < -0.3 is 4.74 Å². The molecule has 3 unspecified atom stereocenters. The number of methoxy groups -OCH3 is 1. The van der Waals surface area contributed by atoms with Crippen LogP contribution >= 0.6 is 0 Å². The van der Waals surface area contributed by atoms with Crippen LogP contribution in [0.5, 0.6) is 0 Å². The van der Waals surface area contributed by atoms with Crippen molar-refractivity contribution in [1.29, 1.82) is 0 Å². The third-order valence-electron chi connectivity index (χ3n) is 3.96. The Bertz CT molecular complexity index is 457. The van der Waals surface area contributed by atoms with Gasteiger partial charge in [-0.2, -0.15) is 0 Å². The van der Waals surface area contributed by atoms with E-state index in [1.165, 1.54) is 7.11 Å². The van der Waals surface area contributed by atoms with Gasteiger partial charge in [0.15, 0.2) is 0 Å². The van der Waals surface area contributed by atoms with E-state index in [1.807, 2.05) is 6.08 Å². The van der Waals surface area contributed by atoms with Crippen LogP contribution in [0.15, 0.2) is 12.2 Å². The van der Waals surface area contributed by atoms with Crippen molar-refractivity contribution >= 4 is 16.0 Å². The number of carbonyl (C=O) groups excluding carboxylic acids is 1. The van der Waals surface area contributed by atoms with Crippen molar-refractivity contribution < 1.29 is 17.9 Å². The molecule has 0 heterocycles. The first-order chi connectivity index (χ1) is 9.04. The highest BCUT2D eigenvalue weighted by molar-refractivity contribution is 7.90. The lowest BCUT2D eigenvalue weighted by Gasteiger charge is -2.24.